The van der Waals surface area contributed by atoms with Gasteiger partial charge in [0.15, 0.2) is 0 Å². The van der Waals surface area contributed by atoms with Gasteiger partial charge in [0.05, 0.1) is 0 Å². The van der Waals surface area contributed by atoms with Gasteiger partial charge in [-0.1, -0.05) is 30.3 Å². The predicted molar refractivity (Wildman–Crippen MR) is 56.4 cm³/mol. The molecule has 1 aromatic rings. The fraction of sp³-hybridized carbons (Fsp3) is 0.167. The second-order valence-electron chi connectivity index (χ2n) is 3.03. The lowest BCUT2D eigenvalue weighted by atomic mass is 10.1. The van der Waals surface area contributed by atoms with E-state index in [4.69, 9.17) is 10.00 Å². The topological polar surface area (TPSA) is 50.1 Å². The molecule has 0 spiro atoms. The molecule has 0 amide bonds. The van der Waals surface area contributed by atoms with Crippen LogP contribution in [0.5, 0.6) is 0 Å². The fourth-order valence-electron chi connectivity index (χ4n) is 1.15. The second kappa shape index (κ2) is 4.97. The van der Waals surface area contributed by atoms with E-state index in [1.165, 1.54) is 6.92 Å². The van der Waals surface area contributed by atoms with Gasteiger partial charge >= 0.3 is 5.97 Å². The summed E-state index contributed by atoms with van der Waals surface area (Å²) in [5, 5.41) is 8.82. The average Bonchev–Trinajstić information content (AvgIpc) is 2.26. The molecule has 0 aliphatic heterocycles. The summed E-state index contributed by atoms with van der Waals surface area (Å²) in [6, 6.07) is 11.2. The summed E-state index contributed by atoms with van der Waals surface area (Å²) < 4.78 is 4.80. The minimum absolute atomic E-state index is 0.0497. The lowest BCUT2D eigenvalue weighted by Gasteiger charge is -2.04. The van der Waals surface area contributed by atoms with E-state index in [1.54, 1.807) is 6.92 Å². The smallest absolute Gasteiger partial charge is 0.308 e. The van der Waals surface area contributed by atoms with E-state index in [9.17, 15) is 4.79 Å². The second-order valence-corrected chi connectivity index (χ2v) is 3.03. The first kappa shape index (κ1) is 11.0. The number of allylic oxidation sites excluding steroid dienone is 2. The van der Waals surface area contributed by atoms with Crippen LogP contribution in [0.1, 0.15) is 19.4 Å². The first-order chi connectivity index (χ1) is 7.15. The molecule has 76 valence electrons. The molecule has 15 heavy (non-hydrogen) atoms. The van der Waals surface area contributed by atoms with Crippen LogP contribution in [0, 0.1) is 11.3 Å². The molecule has 0 radical (unpaired) electrons. The molecule has 0 heterocycles. The van der Waals surface area contributed by atoms with E-state index in [-0.39, 0.29) is 5.76 Å². The summed E-state index contributed by atoms with van der Waals surface area (Å²) in [6.07, 6.45) is 0. The van der Waals surface area contributed by atoms with Crippen molar-refractivity contribution in [2.45, 2.75) is 13.8 Å². The van der Waals surface area contributed by atoms with Gasteiger partial charge in [-0.3, -0.25) is 4.79 Å². The maximum Gasteiger partial charge on any atom is 0.308 e. The zero-order chi connectivity index (χ0) is 11.3. The van der Waals surface area contributed by atoms with Crippen LogP contribution in [0.25, 0.3) is 5.57 Å². The Morgan fingerprint density at radius 2 is 1.87 bits per heavy atom. The summed E-state index contributed by atoms with van der Waals surface area (Å²) >= 11 is 0. The molecule has 0 fully saturated rings. The maximum atomic E-state index is 10.7. The molecule has 0 saturated carbocycles. The minimum Gasteiger partial charge on any atom is -0.415 e. The Morgan fingerprint density at radius 3 is 2.33 bits per heavy atom. The quantitative estimate of drug-likeness (QED) is 0.419. The number of ether oxygens (including phenoxy) is 1. The number of carbonyl (C=O) groups is 1. The molecule has 0 aliphatic carbocycles. The van der Waals surface area contributed by atoms with Gasteiger partial charge < -0.3 is 4.74 Å². The van der Waals surface area contributed by atoms with Crippen molar-refractivity contribution >= 4 is 11.5 Å². The Kier molecular flexibility index (Phi) is 3.64. The van der Waals surface area contributed by atoms with Crippen molar-refractivity contribution in [2.75, 3.05) is 0 Å². The molecule has 1 aromatic carbocycles. The molecule has 3 nitrogen and oxygen atoms in total. The van der Waals surface area contributed by atoms with Crippen LogP contribution in [0.4, 0.5) is 0 Å². The molecule has 0 N–H and O–H groups in total. The van der Waals surface area contributed by atoms with Gasteiger partial charge in [-0.05, 0) is 12.5 Å². The molecule has 0 aliphatic rings. The number of nitriles is 1. The van der Waals surface area contributed by atoms with Crippen molar-refractivity contribution in [1.82, 2.24) is 0 Å². The molecular weight excluding hydrogens is 190 g/mol. The molecule has 3 heteroatoms. The van der Waals surface area contributed by atoms with Crippen molar-refractivity contribution in [3.8, 4) is 6.07 Å². The highest BCUT2D eigenvalue weighted by molar-refractivity contribution is 5.74. The van der Waals surface area contributed by atoms with Crippen LogP contribution in [0.2, 0.25) is 0 Å². The van der Waals surface area contributed by atoms with Crippen molar-refractivity contribution in [3.05, 3.63) is 41.7 Å². The molecule has 1 rings (SSSR count). The zero-order valence-electron chi connectivity index (χ0n) is 8.65. The summed E-state index contributed by atoms with van der Waals surface area (Å²) in [5.41, 5.74) is 1.53. The van der Waals surface area contributed by atoms with Gasteiger partial charge in [0.25, 0.3) is 0 Å². The molecule has 0 saturated heterocycles. The van der Waals surface area contributed by atoms with E-state index in [0.717, 1.165) is 5.56 Å². The minimum atomic E-state index is -0.484. The normalized spacial score (nSPS) is 11.3. The maximum absolute atomic E-state index is 10.7. The van der Waals surface area contributed by atoms with E-state index >= 15 is 0 Å². The van der Waals surface area contributed by atoms with Crippen LogP contribution in [-0.2, 0) is 9.53 Å². The Labute approximate surface area is 88.6 Å². The van der Waals surface area contributed by atoms with Gasteiger partial charge in [0.1, 0.15) is 6.07 Å². The van der Waals surface area contributed by atoms with E-state index < -0.39 is 5.97 Å². The standard InChI is InChI=1S/C12H11NO2/c1-9(11-6-4-3-5-7-11)12(8-13)15-10(2)14/h3-7H,1-2H3/b12-9-. The van der Waals surface area contributed by atoms with Gasteiger partial charge in [-0.25, -0.2) is 0 Å². The Balaban J connectivity index is 3.08. The third kappa shape index (κ3) is 2.96. The van der Waals surface area contributed by atoms with Gasteiger partial charge in [0, 0.05) is 12.5 Å². The summed E-state index contributed by atoms with van der Waals surface area (Å²) in [6.45, 7) is 3.02. The molecule has 0 bridgehead atoms. The molecule has 0 unspecified atom stereocenters. The number of benzene rings is 1. The first-order valence-electron chi connectivity index (χ1n) is 4.50. The van der Waals surface area contributed by atoms with Gasteiger partial charge in [-0.15, -0.1) is 0 Å². The first-order valence-corrected chi connectivity index (χ1v) is 4.50. The van der Waals surface area contributed by atoms with Crippen LogP contribution in [0.3, 0.4) is 0 Å². The van der Waals surface area contributed by atoms with Crippen LogP contribution >= 0.6 is 0 Å². The van der Waals surface area contributed by atoms with Crippen molar-refractivity contribution in [2.24, 2.45) is 0 Å². The molecule has 0 atom stereocenters. The van der Waals surface area contributed by atoms with Gasteiger partial charge in [0.2, 0.25) is 5.76 Å². The van der Waals surface area contributed by atoms with Gasteiger partial charge in [-0.2, -0.15) is 5.26 Å². The van der Waals surface area contributed by atoms with Crippen LogP contribution < -0.4 is 0 Å². The lowest BCUT2D eigenvalue weighted by Crippen LogP contribution is -1.99. The van der Waals surface area contributed by atoms with E-state index in [1.807, 2.05) is 36.4 Å². The number of nitrogens with zero attached hydrogens (tertiary/aromatic N) is 1. The third-order valence-electron chi connectivity index (χ3n) is 1.89. The Morgan fingerprint density at radius 1 is 1.27 bits per heavy atom. The summed E-state index contributed by atoms with van der Waals surface area (Å²) in [4.78, 5) is 10.7. The van der Waals surface area contributed by atoms with Crippen molar-refractivity contribution < 1.29 is 9.53 Å². The van der Waals surface area contributed by atoms with E-state index in [2.05, 4.69) is 0 Å². The Bertz CT molecular complexity index is 427. The highest BCUT2D eigenvalue weighted by Gasteiger charge is 2.07. The van der Waals surface area contributed by atoms with E-state index in [0.29, 0.717) is 5.57 Å². The highest BCUT2D eigenvalue weighted by atomic mass is 16.5. The third-order valence-corrected chi connectivity index (χ3v) is 1.89. The zero-order valence-corrected chi connectivity index (χ0v) is 8.65. The Hall–Kier alpha value is -2.08. The number of carbonyl (C=O) groups excluding carboxylic acids is 1. The molecule has 0 aromatic heterocycles. The SMILES string of the molecule is CC(=O)O/C(C#N)=C(/C)c1ccccc1. The van der Waals surface area contributed by atoms with Crippen molar-refractivity contribution in [1.29, 1.82) is 5.26 Å². The van der Waals surface area contributed by atoms with Crippen LogP contribution in [-0.4, -0.2) is 5.97 Å². The number of esters is 1. The number of rotatable bonds is 2. The van der Waals surface area contributed by atoms with Crippen molar-refractivity contribution in [3.63, 3.8) is 0 Å². The summed E-state index contributed by atoms with van der Waals surface area (Å²) in [5.74, 6) is -0.435. The predicted octanol–water partition coefficient (Wildman–Crippen LogP) is 2.50. The monoisotopic (exact) mass is 201 g/mol. The summed E-state index contributed by atoms with van der Waals surface area (Å²) in [7, 11) is 0. The largest absolute Gasteiger partial charge is 0.415 e. The average molecular weight is 201 g/mol. The number of hydrogen-bond donors (Lipinski definition) is 0. The highest BCUT2D eigenvalue weighted by Crippen LogP contribution is 2.18. The molecular formula is C12H11NO2. The number of hydrogen-bond acceptors (Lipinski definition) is 3. The lowest BCUT2D eigenvalue weighted by molar-refractivity contribution is -0.136. The fourth-order valence-corrected chi connectivity index (χ4v) is 1.15. The van der Waals surface area contributed by atoms with Crippen LogP contribution in [0.15, 0.2) is 36.1 Å².